The Labute approximate surface area is 266 Å². The second-order valence-corrected chi connectivity index (χ2v) is 11.1. The minimum Gasteiger partial charge on any atom is -0.490 e. The van der Waals surface area contributed by atoms with Gasteiger partial charge >= 0.3 is 11.9 Å². The molecular formula is C37H45NO7. The van der Waals surface area contributed by atoms with Crippen LogP contribution in [0.4, 0.5) is 0 Å². The van der Waals surface area contributed by atoms with Gasteiger partial charge in [-0.2, -0.15) is 0 Å². The molecular weight excluding hydrogens is 570 g/mol. The van der Waals surface area contributed by atoms with Crippen LogP contribution in [0.2, 0.25) is 0 Å². The normalized spacial score (nSPS) is 13.0. The van der Waals surface area contributed by atoms with Crippen LogP contribution >= 0.6 is 0 Å². The summed E-state index contributed by atoms with van der Waals surface area (Å²) in [5.74, 6) is -0.0137. The zero-order valence-electron chi connectivity index (χ0n) is 26.7. The monoisotopic (exact) mass is 615 g/mol. The zero-order chi connectivity index (χ0) is 31.9. The molecule has 3 aromatic carbocycles. The van der Waals surface area contributed by atoms with Gasteiger partial charge in [-0.15, -0.1) is 0 Å². The van der Waals surface area contributed by atoms with Crippen LogP contribution < -0.4 is 14.2 Å². The van der Waals surface area contributed by atoms with E-state index in [1.54, 1.807) is 0 Å². The second kappa shape index (κ2) is 17.2. The molecule has 0 N–H and O–H groups in total. The summed E-state index contributed by atoms with van der Waals surface area (Å²) < 4.78 is 30.3. The summed E-state index contributed by atoms with van der Waals surface area (Å²) in [5.41, 5.74) is 0.974. The van der Waals surface area contributed by atoms with Gasteiger partial charge in [0.15, 0.2) is 11.5 Å². The first-order valence-corrected chi connectivity index (χ1v) is 16.1. The van der Waals surface area contributed by atoms with Gasteiger partial charge in [-0.1, -0.05) is 101 Å². The van der Waals surface area contributed by atoms with Crippen molar-refractivity contribution < 1.29 is 33.3 Å². The summed E-state index contributed by atoms with van der Waals surface area (Å²) in [6, 6.07) is 20.5. The van der Waals surface area contributed by atoms with Gasteiger partial charge in [-0.25, -0.2) is 9.59 Å². The Morgan fingerprint density at radius 1 is 0.689 bits per heavy atom. The maximum Gasteiger partial charge on any atom is 0.346 e. The number of benzene rings is 3. The first-order chi connectivity index (χ1) is 22.0. The van der Waals surface area contributed by atoms with Crippen molar-refractivity contribution in [2.45, 2.75) is 84.5 Å². The van der Waals surface area contributed by atoms with Gasteiger partial charge < -0.3 is 23.7 Å². The molecule has 8 heteroatoms. The molecule has 0 radical (unpaired) electrons. The molecule has 0 spiro atoms. The molecule has 3 aromatic rings. The Morgan fingerprint density at radius 3 is 1.69 bits per heavy atom. The molecule has 0 saturated heterocycles. The van der Waals surface area contributed by atoms with Crippen molar-refractivity contribution in [3.8, 4) is 17.2 Å². The van der Waals surface area contributed by atoms with E-state index in [9.17, 15) is 9.59 Å². The highest BCUT2D eigenvalue weighted by Gasteiger charge is 2.51. The van der Waals surface area contributed by atoms with Gasteiger partial charge in [0.05, 0.1) is 19.8 Å². The highest BCUT2D eigenvalue weighted by molar-refractivity contribution is 6.09. The molecule has 8 nitrogen and oxygen atoms in total. The van der Waals surface area contributed by atoms with Crippen LogP contribution in [0.3, 0.4) is 0 Å². The number of fused-ring (bicyclic) bond motifs is 1. The van der Waals surface area contributed by atoms with Crippen LogP contribution in [0.1, 0.15) is 81.5 Å². The van der Waals surface area contributed by atoms with E-state index in [1.807, 2.05) is 66.7 Å². The number of ether oxygens (including phenoxy) is 5. The minimum atomic E-state index is -1.94. The van der Waals surface area contributed by atoms with E-state index in [1.165, 1.54) is 6.21 Å². The lowest BCUT2D eigenvalue weighted by Gasteiger charge is -2.31. The maximum atomic E-state index is 13.9. The van der Waals surface area contributed by atoms with Gasteiger partial charge in [0.1, 0.15) is 13.2 Å². The Morgan fingerprint density at radius 2 is 1.18 bits per heavy atom. The molecule has 0 atom stereocenters. The van der Waals surface area contributed by atoms with Gasteiger partial charge in [0.2, 0.25) is 5.75 Å². The van der Waals surface area contributed by atoms with Gasteiger partial charge in [-0.05, 0) is 42.0 Å². The highest BCUT2D eigenvalue weighted by atomic mass is 16.6. The molecule has 240 valence electrons. The summed E-state index contributed by atoms with van der Waals surface area (Å²) in [5, 5.41) is 0. The van der Waals surface area contributed by atoms with Gasteiger partial charge in [0.25, 0.3) is 5.54 Å². The van der Waals surface area contributed by atoms with Crippen molar-refractivity contribution in [2.75, 3.05) is 19.8 Å². The summed E-state index contributed by atoms with van der Waals surface area (Å²) in [6.07, 6.45) is 6.93. The number of carbonyl (C=O) groups is 2. The number of rotatable bonds is 18. The summed E-state index contributed by atoms with van der Waals surface area (Å²) in [7, 11) is 0. The van der Waals surface area contributed by atoms with Crippen LogP contribution in [0.25, 0.3) is 0 Å². The van der Waals surface area contributed by atoms with Crippen molar-refractivity contribution in [3.63, 3.8) is 0 Å². The third kappa shape index (κ3) is 8.87. The molecule has 0 unspecified atom stereocenters. The van der Waals surface area contributed by atoms with Gasteiger partial charge in [0, 0.05) is 18.2 Å². The molecule has 0 aromatic heterocycles. The fourth-order valence-corrected chi connectivity index (χ4v) is 4.83. The van der Waals surface area contributed by atoms with E-state index in [0.29, 0.717) is 48.2 Å². The van der Waals surface area contributed by atoms with Crippen LogP contribution in [-0.2, 0) is 38.7 Å². The first-order valence-electron chi connectivity index (χ1n) is 16.1. The third-order valence-electron chi connectivity index (χ3n) is 7.53. The number of nitrogens with zero attached hydrogens (tertiary/aromatic N) is 1. The van der Waals surface area contributed by atoms with Gasteiger partial charge in [-0.3, -0.25) is 4.99 Å². The standard InChI is InChI=1S/C37H45NO7/c1-4-7-20-41-32-23-30-24-37(35(39)44-26-28-16-12-10-13-17-28,36(40)45-27-29-18-14-11-15-19-29)38-25-31(30)33(42-21-8-5-2)34(32)43-22-9-6-3/h10-19,23,25H,4-9,20-22,24,26-27H2,1-3H3. The summed E-state index contributed by atoms with van der Waals surface area (Å²) >= 11 is 0. The first kappa shape index (κ1) is 33.6. The fourth-order valence-electron chi connectivity index (χ4n) is 4.83. The van der Waals surface area contributed by atoms with Crippen LogP contribution in [-0.4, -0.2) is 43.5 Å². The molecule has 1 aliphatic rings. The Bertz CT molecular complexity index is 1350. The smallest absolute Gasteiger partial charge is 0.346 e. The van der Waals surface area contributed by atoms with Crippen molar-refractivity contribution in [1.29, 1.82) is 0 Å². The molecule has 4 rings (SSSR count). The number of unbranched alkanes of at least 4 members (excludes halogenated alkanes) is 3. The maximum absolute atomic E-state index is 13.9. The Hall–Kier alpha value is -4.33. The lowest BCUT2D eigenvalue weighted by molar-refractivity contribution is -0.166. The van der Waals surface area contributed by atoms with Crippen molar-refractivity contribution >= 4 is 18.2 Å². The molecule has 45 heavy (non-hydrogen) atoms. The number of esters is 2. The van der Waals surface area contributed by atoms with Crippen LogP contribution in [0.15, 0.2) is 71.7 Å². The molecule has 1 aliphatic heterocycles. The highest BCUT2D eigenvalue weighted by Crippen LogP contribution is 2.45. The fraction of sp³-hybridized carbons (Fsp3) is 0.432. The van der Waals surface area contributed by atoms with E-state index in [-0.39, 0.29) is 19.6 Å². The number of aliphatic imine (C=N–C) groups is 1. The summed E-state index contributed by atoms with van der Waals surface area (Å²) in [6.45, 7) is 7.76. The molecule has 1 heterocycles. The van der Waals surface area contributed by atoms with E-state index < -0.39 is 17.5 Å². The largest absolute Gasteiger partial charge is 0.490 e. The Kier molecular flexibility index (Phi) is 12.9. The number of carbonyl (C=O) groups excluding carboxylic acids is 2. The van der Waals surface area contributed by atoms with E-state index in [4.69, 9.17) is 23.7 Å². The van der Waals surface area contributed by atoms with E-state index in [2.05, 4.69) is 25.8 Å². The number of hydrogen-bond donors (Lipinski definition) is 0. The predicted molar refractivity (Wildman–Crippen MR) is 174 cm³/mol. The lowest BCUT2D eigenvalue weighted by Crippen LogP contribution is -2.50. The van der Waals surface area contributed by atoms with Crippen molar-refractivity contribution in [1.82, 2.24) is 0 Å². The molecule has 0 saturated carbocycles. The van der Waals surface area contributed by atoms with Crippen molar-refractivity contribution in [2.24, 2.45) is 4.99 Å². The minimum absolute atomic E-state index is 0.00324. The predicted octanol–water partition coefficient (Wildman–Crippen LogP) is 7.42. The second-order valence-electron chi connectivity index (χ2n) is 11.1. The van der Waals surface area contributed by atoms with Crippen molar-refractivity contribution in [3.05, 3.63) is 89.0 Å². The molecule has 0 fully saturated rings. The average Bonchev–Trinajstić information content (AvgIpc) is 3.07. The zero-order valence-corrected chi connectivity index (χ0v) is 26.7. The lowest BCUT2D eigenvalue weighted by atomic mass is 9.85. The Balaban J connectivity index is 1.73. The average molecular weight is 616 g/mol. The SMILES string of the molecule is CCCCOc1cc2c(c(OCCCC)c1OCCCC)C=NC(C(=O)OCc1ccccc1)(C(=O)OCc1ccccc1)C2. The third-order valence-corrected chi connectivity index (χ3v) is 7.53. The molecule has 0 bridgehead atoms. The topological polar surface area (TPSA) is 92.6 Å². The summed E-state index contributed by atoms with van der Waals surface area (Å²) in [4.78, 5) is 32.3. The van der Waals surface area contributed by atoms with Crippen LogP contribution in [0, 0.1) is 0 Å². The molecule has 0 aliphatic carbocycles. The molecule has 0 amide bonds. The van der Waals surface area contributed by atoms with Crippen LogP contribution in [0.5, 0.6) is 17.2 Å². The number of hydrogen-bond acceptors (Lipinski definition) is 8. The van der Waals surface area contributed by atoms with E-state index >= 15 is 0 Å². The van der Waals surface area contributed by atoms with E-state index in [0.717, 1.165) is 49.7 Å². The quantitative estimate of drug-likeness (QED) is 0.0835.